The lowest BCUT2D eigenvalue weighted by Crippen LogP contribution is -2.24. The van der Waals surface area contributed by atoms with Gasteiger partial charge in [-0.25, -0.2) is 4.39 Å². The number of halogens is 1. The van der Waals surface area contributed by atoms with E-state index in [-0.39, 0.29) is 5.82 Å². The van der Waals surface area contributed by atoms with E-state index in [1.165, 1.54) is 18.2 Å². The highest BCUT2D eigenvalue weighted by Gasteiger charge is 2.29. The fraction of sp³-hybridized carbons (Fsp3) is 0.188. The summed E-state index contributed by atoms with van der Waals surface area (Å²) in [6.45, 7) is 1.78. The van der Waals surface area contributed by atoms with Gasteiger partial charge in [0.05, 0.1) is 11.5 Å². The molecular formula is C16H15FN2. The second-order valence-electron chi connectivity index (χ2n) is 4.84. The lowest BCUT2D eigenvalue weighted by Gasteiger charge is -2.24. The second kappa shape index (κ2) is 5.11. The second-order valence-corrected chi connectivity index (χ2v) is 4.84. The molecule has 1 atom stereocenters. The molecule has 2 rings (SSSR count). The van der Waals surface area contributed by atoms with Crippen LogP contribution in [0.4, 0.5) is 10.1 Å². The van der Waals surface area contributed by atoms with Crippen molar-refractivity contribution in [1.82, 2.24) is 0 Å². The summed E-state index contributed by atoms with van der Waals surface area (Å²) in [6, 6.07) is 16.1. The van der Waals surface area contributed by atoms with Gasteiger partial charge in [-0.05, 0) is 42.7 Å². The third kappa shape index (κ3) is 2.74. The van der Waals surface area contributed by atoms with Crippen molar-refractivity contribution in [1.29, 1.82) is 5.26 Å². The smallest absolute Gasteiger partial charge is 0.123 e. The molecule has 0 fully saturated rings. The molecule has 0 bridgehead atoms. The minimum Gasteiger partial charge on any atom is -0.398 e. The lowest BCUT2D eigenvalue weighted by atomic mass is 9.78. The van der Waals surface area contributed by atoms with Crippen LogP contribution in [0, 0.1) is 17.1 Å². The van der Waals surface area contributed by atoms with Crippen LogP contribution in [-0.2, 0) is 11.8 Å². The Morgan fingerprint density at radius 1 is 1.21 bits per heavy atom. The van der Waals surface area contributed by atoms with Gasteiger partial charge in [0.1, 0.15) is 5.82 Å². The first-order chi connectivity index (χ1) is 9.05. The molecule has 0 aliphatic heterocycles. The van der Waals surface area contributed by atoms with Crippen LogP contribution < -0.4 is 5.73 Å². The van der Waals surface area contributed by atoms with E-state index >= 15 is 0 Å². The van der Waals surface area contributed by atoms with Gasteiger partial charge in [0.2, 0.25) is 0 Å². The number of hydrogen-bond donors (Lipinski definition) is 1. The van der Waals surface area contributed by atoms with E-state index in [0.717, 1.165) is 5.56 Å². The van der Waals surface area contributed by atoms with Gasteiger partial charge in [-0.1, -0.05) is 30.3 Å². The average Bonchev–Trinajstić information content (AvgIpc) is 2.42. The number of nitrogens with zero attached hydrogens (tertiary/aromatic N) is 1. The number of nitrogen functional groups attached to an aromatic ring is 1. The Labute approximate surface area is 112 Å². The van der Waals surface area contributed by atoms with E-state index in [1.807, 2.05) is 30.3 Å². The first-order valence-corrected chi connectivity index (χ1v) is 6.06. The normalized spacial score (nSPS) is 13.5. The number of hydrogen-bond acceptors (Lipinski definition) is 2. The Bertz CT molecular complexity index is 616. The molecule has 96 valence electrons. The fourth-order valence-corrected chi connectivity index (χ4v) is 2.21. The summed E-state index contributed by atoms with van der Waals surface area (Å²) in [5, 5.41) is 9.49. The third-order valence-corrected chi connectivity index (χ3v) is 3.26. The van der Waals surface area contributed by atoms with E-state index in [9.17, 15) is 9.65 Å². The van der Waals surface area contributed by atoms with Crippen molar-refractivity contribution >= 4 is 5.69 Å². The van der Waals surface area contributed by atoms with Crippen LogP contribution in [-0.4, -0.2) is 0 Å². The van der Waals surface area contributed by atoms with Crippen molar-refractivity contribution in [2.24, 2.45) is 0 Å². The Morgan fingerprint density at radius 3 is 2.53 bits per heavy atom. The molecule has 1 unspecified atom stereocenters. The zero-order chi connectivity index (χ0) is 13.9. The van der Waals surface area contributed by atoms with Crippen LogP contribution in [0.15, 0.2) is 48.5 Å². The molecule has 19 heavy (non-hydrogen) atoms. The van der Waals surface area contributed by atoms with Gasteiger partial charge < -0.3 is 5.73 Å². The van der Waals surface area contributed by atoms with Crippen LogP contribution in [0.3, 0.4) is 0 Å². The number of nitrogens with two attached hydrogens (primary N) is 1. The monoisotopic (exact) mass is 254 g/mol. The van der Waals surface area contributed by atoms with E-state index in [2.05, 4.69) is 6.07 Å². The van der Waals surface area contributed by atoms with Gasteiger partial charge >= 0.3 is 0 Å². The standard InChI is InChI=1S/C16H15FN2/c1-16(11-18,10-12-5-3-2-4-6-12)14-9-13(17)7-8-15(14)19/h2-9H,10,19H2,1H3. The van der Waals surface area contributed by atoms with Gasteiger partial charge in [0.15, 0.2) is 0 Å². The minimum atomic E-state index is -0.840. The molecule has 0 heterocycles. The lowest BCUT2D eigenvalue weighted by molar-refractivity contribution is 0.586. The van der Waals surface area contributed by atoms with E-state index in [4.69, 9.17) is 5.73 Å². The van der Waals surface area contributed by atoms with Crippen molar-refractivity contribution in [3.63, 3.8) is 0 Å². The van der Waals surface area contributed by atoms with Gasteiger partial charge in [0, 0.05) is 5.69 Å². The van der Waals surface area contributed by atoms with Crippen molar-refractivity contribution in [3.05, 3.63) is 65.5 Å². The van der Waals surface area contributed by atoms with Crippen molar-refractivity contribution < 1.29 is 4.39 Å². The molecule has 3 heteroatoms. The average molecular weight is 254 g/mol. The van der Waals surface area contributed by atoms with E-state index in [1.54, 1.807) is 6.92 Å². The van der Waals surface area contributed by atoms with E-state index in [0.29, 0.717) is 17.7 Å². The summed E-state index contributed by atoms with van der Waals surface area (Å²) >= 11 is 0. The summed E-state index contributed by atoms with van der Waals surface area (Å²) in [5.74, 6) is -0.376. The molecule has 0 amide bonds. The highest BCUT2D eigenvalue weighted by molar-refractivity contribution is 5.54. The maximum atomic E-state index is 13.4. The largest absolute Gasteiger partial charge is 0.398 e. The maximum Gasteiger partial charge on any atom is 0.123 e. The number of benzene rings is 2. The number of nitriles is 1. The highest BCUT2D eigenvalue weighted by atomic mass is 19.1. The van der Waals surface area contributed by atoms with Crippen LogP contribution in [0.1, 0.15) is 18.1 Å². The molecular weight excluding hydrogens is 239 g/mol. The summed E-state index contributed by atoms with van der Waals surface area (Å²) in [7, 11) is 0. The Balaban J connectivity index is 2.43. The molecule has 2 nitrogen and oxygen atoms in total. The van der Waals surface area contributed by atoms with Gasteiger partial charge in [-0.3, -0.25) is 0 Å². The van der Waals surface area contributed by atoms with Crippen LogP contribution >= 0.6 is 0 Å². The fourth-order valence-electron chi connectivity index (χ4n) is 2.21. The van der Waals surface area contributed by atoms with Gasteiger partial charge in [0.25, 0.3) is 0 Å². The first kappa shape index (κ1) is 13.1. The van der Waals surface area contributed by atoms with Crippen molar-refractivity contribution in [3.8, 4) is 6.07 Å². The summed E-state index contributed by atoms with van der Waals surface area (Å²) in [4.78, 5) is 0. The Hall–Kier alpha value is -2.34. The van der Waals surface area contributed by atoms with Crippen LogP contribution in [0.25, 0.3) is 0 Å². The molecule has 0 saturated heterocycles. The molecule has 2 aromatic rings. The Kier molecular flexibility index (Phi) is 3.52. The first-order valence-electron chi connectivity index (χ1n) is 6.06. The molecule has 0 aliphatic rings. The number of anilines is 1. The summed E-state index contributed by atoms with van der Waals surface area (Å²) in [6.07, 6.45) is 0.498. The highest BCUT2D eigenvalue weighted by Crippen LogP contribution is 2.32. The molecule has 0 spiro atoms. The molecule has 0 aromatic heterocycles. The van der Waals surface area contributed by atoms with E-state index < -0.39 is 5.41 Å². The third-order valence-electron chi connectivity index (χ3n) is 3.26. The minimum absolute atomic E-state index is 0.376. The molecule has 2 N–H and O–H groups in total. The molecule has 2 aromatic carbocycles. The predicted molar refractivity (Wildman–Crippen MR) is 73.9 cm³/mol. The van der Waals surface area contributed by atoms with Crippen molar-refractivity contribution in [2.75, 3.05) is 5.73 Å². The Morgan fingerprint density at radius 2 is 1.89 bits per heavy atom. The molecule has 0 aliphatic carbocycles. The molecule has 0 saturated carbocycles. The SMILES string of the molecule is CC(C#N)(Cc1ccccc1)c1cc(F)ccc1N. The van der Waals surface area contributed by atoms with Gasteiger partial charge in [-0.2, -0.15) is 5.26 Å². The predicted octanol–water partition coefficient (Wildman–Crippen LogP) is 3.43. The zero-order valence-electron chi connectivity index (χ0n) is 10.7. The van der Waals surface area contributed by atoms with Crippen LogP contribution in [0.2, 0.25) is 0 Å². The van der Waals surface area contributed by atoms with Crippen LogP contribution in [0.5, 0.6) is 0 Å². The zero-order valence-corrected chi connectivity index (χ0v) is 10.7. The quantitative estimate of drug-likeness (QED) is 0.853. The number of rotatable bonds is 3. The van der Waals surface area contributed by atoms with Crippen molar-refractivity contribution in [2.45, 2.75) is 18.8 Å². The summed E-state index contributed by atoms with van der Waals surface area (Å²) in [5.41, 5.74) is 7.06. The summed E-state index contributed by atoms with van der Waals surface area (Å²) < 4.78 is 13.4. The topological polar surface area (TPSA) is 49.8 Å². The van der Waals surface area contributed by atoms with Gasteiger partial charge in [-0.15, -0.1) is 0 Å². The molecule has 0 radical (unpaired) electrons. The maximum absolute atomic E-state index is 13.4.